The van der Waals surface area contributed by atoms with Gasteiger partial charge in [0.15, 0.2) is 0 Å². The van der Waals surface area contributed by atoms with Crippen molar-refractivity contribution in [3.8, 4) is 5.75 Å². The first kappa shape index (κ1) is 19.8. The fourth-order valence-electron chi connectivity index (χ4n) is 3.08. The Morgan fingerprint density at radius 2 is 2.08 bits per heavy atom. The van der Waals surface area contributed by atoms with Crippen molar-refractivity contribution >= 4 is 23.3 Å². The molecule has 0 aromatic heterocycles. The number of benzene rings is 1. The lowest BCUT2D eigenvalue weighted by molar-refractivity contribution is 0.126. The number of methoxy groups -OCH3 is 2. The van der Waals surface area contributed by atoms with Crippen LogP contribution in [0.15, 0.2) is 18.2 Å². The highest BCUT2D eigenvalue weighted by Crippen LogP contribution is 2.27. The van der Waals surface area contributed by atoms with E-state index in [0.29, 0.717) is 29.6 Å². The molecular weight excluding hydrogens is 342 g/mol. The van der Waals surface area contributed by atoms with Gasteiger partial charge in [0.1, 0.15) is 5.75 Å². The highest BCUT2D eigenvalue weighted by Gasteiger charge is 2.26. The molecule has 140 valence electrons. The zero-order chi connectivity index (χ0) is 18.2. The third-order valence-electron chi connectivity index (χ3n) is 4.54. The quantitative estimate of drug-likeness (QED) is 0.749. The van der Waals surface area contributed by atoms with Crippen molar-refractivity contribution < 1.29 is 14.3 Å². The van der Waals surface area contributed by atoms with Crippen molar-refractivity contribution in [2.75, 3.05) is 52.8 Å². The number of piperidine rings is 1. The zero-order valence-electron chi connectivity index (χ0n) is 15.3. The summed E-state index contributed by atoms with van der Waals surface area (Å²) in [5.74, 6) is 0.590. The Balaban J connectivity index is 2.04. The number of carbonyl (C=O) groups excluding carboxylic acids is 1. The summed E-state index contributed by atoms with van der Waals surface area (Å²) in [6.45, 7) is 3.34. The maximum atomic E-state index is 12.8. The first-order valence-electron chi connectivity index (χ1n) is 8.63. The predicted molar refractivity (Wildman–Crippen MR) is 101 cm³/mol. The Kier molecular flexibility index (Phi) is 7.81. The third kappa shape index (κ3) is 5.76. The van der Waals surface area contributed by atoms with E-state index in [-0.39, 0.29) is 12.1 Å². The van der Waals surface area contributed by atoms with E-state index in [0.717, 1.165) is 32.4 Å². The van der Waals surface area contributed by atoms with Crippen LogP contribution in [0, 0.1) is 0 Å². The number of nitrogens with one attached hydrogen (secondary N) is 1. The van der Waals surface area contributed by atoms with E-state index in [4.69, 9.17) is 21.1 Å². The lowest BCUT2D eigenvalue weighted by Gasteiger charge is -2.37. The molecule has 0 saturated carbocycles. The molecule has 0 atom stereocenters. The molecule has 1 saturated heterocycles. The van der Waals surface area contributed by atoms with Crippen molar-refractivity contribution in [1.29, 1.82) is 0 Å². The van der Waals surface area contributed by atoms with Crippen molar-refractivity contribution in [3.63, 3.8) is 0 Å². The molecule has 0 unspecified atom stereocenters. The predicted octanol–water partition coefficient (Wildman–Crippen LogP) is 3.31. The number of anilines is 1. The Hall–Kier alpha value is -1.50. The number of nitrogens with zero attached hydrogens (tertiary/aromatic N) is 2. The minimum atomic E-state index is -0.0908. The van der Waals surface area contributed by atoms with Gasteiger partial charge in [-0.25, -0.2) is 4.79 Å². The smallest absolute Gasteiger partial charge is 0.322 e. The molecule has 1 heterocycles. The van der Waals surface area contributed by atoms with Crippen molar-refractivity contribution in [2.24, 2.45) is 0 Å². The van der Waals surface area contributed by atoms with Gasteiger partial charge in [-0.2, -0.15) is 0 Å². The van der Waals surface area contributed by atoms with Crippen molar-refractivity contribution in [2.45, 2.75) is 25.3 Å². The number of carbonyl (C=O) groups is 1. The SMILES string of the molecule is COCCCN(C(=O)Nc1ccc(OC)c(Cl)c1)C1CCN(C)CC1. The fourth-order valence-corrected chi connectivity index (χ4v) is 3.33. The summed E-state index contributed by atoms with van der Waals surface area (Å²) in [6.07, 6.45) is 2.79. The zero-order valence-corrected chi connectivity index (χ0v) is 16.0. The molecule has 0 spiro atoms. The minimum Gasteiger partial charge on any atom is -0.495 e. The van der Waals surface area contributed by atoms with Crippen LogP contribution in [-0.4, -0.2) is 69.4 Å². The number of amides is 2. The van der Waals surface area contributed by atoms with Gasteiger partial charge in [0.2, 0.25) is 0 Å². The molecule has 7 heteroatoms. The summed E-state index contributed by atoms with van der Waals surface area (Å²) in [6, 6.07) is 5.42. The van der Waals surface area contributed by atoms with Crippen LogP contribution < -0.4 is 10.1 Å². The molecule has 1 aromatic rings. The first-order chi connectivity index (χ1) is 12.0. The maximum Gasteiger partial charge on any atom is 0.322 e. The lowest BCUT2D eigenvalue weighted by Crippen LogP contribution is -2.48. The summed E-state index contributed by atoms with van der Waals surface area (Å²) < 4.78 is 10.3. The molecule has 1 N–H and O–H groups in total. The summed E-state index contributed by atoms with van der Waals surface area (Å²) in [5, 5.41) is 3.44. The van der Waals surface area contributed by atoms with E-state index >= 15 is 0 Å². The molecule has 0 radical (unpaired) electrons. The van der Waals surface area contributed by atoms with Gasteiger partial charge in [0.05, 0.1) is 12.1 Å². The second kappa shape index (κ2) is 9.85. The van der Waals surface area contributed by atoms with Gasteiger partial charge in [-0.1, -0.05) is 11.6 Å². The van der Waals surface area contributed by atoms with Crippen LogP contribution in [0.2, 0.25) is 5.02 Å². The van der Waals surface area contributed by atoms with Crippen molar-refractivity contribution in [3.05, 3.63) is 23.2 Å². The Morgan fingerprint density at radius 1 is 1.36 bits per heavy atom. The normalized spacial score (nSPS) is 15.8. The summed E-state index contributed by atoms with van der Waals surface area (Å²) in [7, 11) is 5.36. The second-order valence-corrected chi connectivity index (χ2v) is 6.76. The summed E-state index contributed by atoms with van der Waals surface area (Å²) >= 11 is 6.15. The minimum absolute atomic E-state index is 0.0908. The molecule has 0 bridgehead atoms. The number of hydrogen-bond donors (Lipinski definition) is 1. The first-order valence-corrected chi connectivity index (χ1v) is 9.01. The molecule has 2 amide bonds. The van der Waals surface area contributed by atoms with Gasteiger partial charge in [-0.15, -0.1) is 0 Å². The van der Waals surface area contributed by atoms with Crippen LogP contribution in [0.3, 0.4) is 0 Å². The highest BCUT2D eigenvalue weighted by molar-refractivity contribution is 6.32. The van der Waals surface area contributed by atoms with Gasteiger partial charge in [0.25, 0.3) is 0 Å². The molecule has 0 aliphatic carbocycles. The summed E-state index contributed by atoms with van der Waals surface area (Å²) in [4.78, 5) is 17.1. The van der Waals surface area contributed by atoms with E-state index in [1.165, 1.54) is 0 Å². The van der Waals surface area contributed by atoms with E-state index in [1.807, 2.05) is 4.90 Å². The van der Waals surface area contributed by atoms with Gasteiger partial charge in [-0.3, -0.25) is 0 Å². The Bertz CT molecular complexity index is 562. The number of likely N-dealkylation sites (tertiary alicyclic amines) is 1. The molecule has 1 aliphatic rings. The largest absolute Gasteiger partial charge is 0.495 e. The standard InChI is InChI=1S/C18H28ClN3O3/c1-21-10-7-15(8-11-21)22(9-4-12-24-2)18(23)20-14-5-6-17(25-3)16(19)13-14/h5-6,13,15H,4,7-12H2,1-3H3,(H,20,23). The van der Waals surface area contributed by atoms with Crippen molar-refractivity contribution in [1.82, 2.24) is 9.80 Å². The van der Waals surface area contributed by atoms with Crippen LogP contribution >= 0.6 is 11.6 Å². The highest BCUT2D eigenvalue weighted by atomic mass is 35.5. The number of ether oxygens (including phenoxy) is 2. The number of halogens is 1. The Labute approximate surface area is 155 Å². The van der Waals surface area contributed by atoms with Crippen LogP contribution in [0.25, 0.3) is 0 Å². The second-order valence-electron chi connectivity index (χ2n) is 6.35. The number of rotatable bonds is 7. The van der Waals surface area contributed by atoms with Gasteiger partial charge in [0, 0.05) is 32.0 Å². The van der Waals surface area contributed by atoms with Gasteiger partial charge in [-0.05, 0) is 57.6 Å². The molecule has 1 aromatic carbocycles. The molecule has 2 rings (SSSR count). The monoisotopic (exact) mass is 369 g/mol. The molecule has 1 aliphatic heterocycles. The van der Waals surface area contributed by atoms with E-state index < -0.39 is 0 Å². The summed E-state index contributed by atoms with van der Waals surface area (Å²) in [5.41, 5.74) is 0.667. The van der Waals surface area contributed by atoms with Crippen LogP contribution in [0.1, 0.15) is 19.3 Å². The average Bonchev–Trinajstić information content (AvgIpc) is 2.60. The molecule has 6 nitrogen and oxygen atoms in total. The average molecular weight is 370 g/mol. The third-order valence-corrected chi connectivity index (χ3v) is 4.84. The van der Waals surface area contributed by atoms with Crippen LogP contribution in [0.5, 0.6) is 5.75 Å². The fraction of sp³-hybridized carbons (Fsp3) is 0.611. The van der Waals surface area contributed by atoms with E-state index in [9.17, 15) is 4.79 Å². The van der Waals surface area contributed by atoms with Crippen LogP contribution in [0.4, 0.5) is 10.5 Å². The van der Waals surface area contributed by atoms with Crippen LogP contribution in [-0.2, 0) is 4.74 Å². The molecular formula is C18H28ClN3O3. The molecule has 1 fully saturated rings. The lowest BCUT2D eigenvalue weighted by atomic mass is 10.0. The molecule has 25 heavy (non-hydrogen) atoms. The number of hydrogen-bond acceptors (Lipinski definition) is 4. The van der Waals surface area contributed by atoms with Gasteiger partial charge >= 0.3 is 6.03 Å². The van der Waals surface area contributed by atoms with E-state index in [2.05, 4.69) is 17.3 Å². The maximum absolute atomic E-state index is 12.8. The van der Waals surface area contributed by atoms with Gasteiger partial charge < -0.3 is 24.6 Å². The number of urea groups is 1. The topological polar surface area (TPSA) is 54.0 Å². The van der Waals surface area contributed by atoms with E-state index in [1.54, 1.807) is 32.4 Å². The Morgan fingerprint density at radius 3 is 2.68 bits per heavy atom.